The van der Waals surface area contributed by atoms with Crippen molar-refractivity contribution in [3.8, 4) is 11.8 Å². The van der Waals surface area contributed by atoms with Crippen LogP contribution >= 0.6 is 0 Å². The SMILES string of the molecule is Cc1c(C#Cc2cncc(C(=O)N(C)CCCc3ccccc3)c2)cnn1C(F)F. The van der Waals surface area contributed by atoms with Gasteiger partial charge in [0.1, 0.15) is 0 Å². The quantitative estimate of drug-likeness (QED) is 0.578. The van der Waals surface area contributed by atoms with Crippen molar-refractivity contribution in [3.63, 3.8) is 0 Å². The zero-order chi connectivity index (χ0) is 21.5. The van der Waals surface area contributed by atoms with E-state index in [2.05, 4.69) is 34.1 Å². The molecule has 3 aromatic rings. The van der Waals surface area contributed by atoms with Gasteiger partial charge in [-0.15, -0.1) is 0 Å². The van der Waals surface area contributed by atoms with Crippen LogP contribution in [0.2, 0.25) is 0 Å². The molecule has 0 saturated carbocycles. The Labute approximate surface area is 174 Å². The molecule has 0 N–H and O–H groups in total. The van der Waals surface area contributed by atoms with Crippen molar-refractivity contribution in [2.75, 3.05) is 13.6 Å². The molecule has 0 bridgehead atoms. The predicted molar refractivity (Wildman–Crippen MR) is 110 cm³/mol. The molecule has 0 saturated heterocycles. The molecule has 0 aliphatic rings. The Morgan fingerprint density at radius 1 is 1.17 bits per heavy atom. The maximum atomic E-state index is 12.8. The number of aromatic nitrogens is 3. The number of benzene rings is 1. The largest absolute Gasteiger partial charge is 0.342 e. The highest BCUT2D eigenvalue weighted by atomic mass is 19.3. The van der Waals surface area contributed by atoms with Gasteiger partial charge in [-0.3, -0.25) is 9.78 Å². The number of rotatable bonds is 6. The van der Waals surface area contributed by atoms with E-state index in [9.17, 15) is 13.6 Å². The first kappa shape index (κ1) is 21.2. The Morgan fingerprint density at radius 3 is 2.63 bits per heavy atom. The van der Waals surface area contributed by atoms with Crippen LogP contribution in [0.3, 0.4) is 0 Å². The molecule has 3 rings (SSSR count). The van der Waals surface area contributed by atoms with Gasteiger partial charge in [0.05, 0.1) is 23.0 Å². The molecule has 154 valence electrons. The van der Waals surface area contributed by atoms with Crippen LogP contribution < -0.4 is 0 Å². The second-order valence-electron chi connectivity index (χ2n) is 6.89. The molecular formula is C23H22F2N4O. The third-order valence-electron chi connectivity index (χ3n) is 4.70. The van der Waals surface area contributed by atoms with Crippen LogP contribution in [0.4, 0.5) is 8.78 Å². The molecule has 0 fully saturated rings. The first-order valence-corrected chi connectivity index (χ1v) is 9.54. The lowest BCUT2D eigenvalue weighted by molar-refractivity contribution is 0.0544. The van der Waals surface area contributed by atoms with Crippen molar-refractivity contribution in [3.05, 3.63) is 82.9 Å². The average Bonchev–Trinajstić information content (AvgIpc) is 3.13. The second kappa shape index (κ2) is 9.79. The molecule has 1 amide bonds. The number of carbonyl (C=O) groups excluding carboxylic acids is 1. The molecule has 0 atom stereocenters. The number of hydrogen-bond donors (Lipinski definition) is 0. The van der Waals surface area contributed by atoms with E-state index in [1.165, 1.54) is 31.1 Å². The van der Waals surface area contributed by atoms with Crippen LogP contribution in [-0.4, -0.2) is 39.2 Å². The van der Waals surface area contributed by atoms with Crippen molar-refractivity contribution in [1.82, 2.24) is 19.7 Å². The van der Waals surface area contributed by atoms with Crippen molar-refractivity contribution in [1.29, 1.82) is 0 Å². The van der Waals surface area contributed by atoms with Gasteiger partial charge >= 0.3 is 6.55 Å². The van der Waals surface area contributed by atoms with E-state index in [0.29, 0.717) is 27.9 Å². The van der Waals surface area contributed by atoms with Crippen molar-refractivity contribution in [2.24, 2.45) is 0 Å². The summed E-state index contributed by atoms with van der Waals surface area (Å²) in [5.41, 5.74) is 2.90. The number of hydrogen-bond acceptors (Lipinski definition) is 3. The highest BCUT2D eigenvalue weighted by Gasteiger charge is 2.13. The van der Waals surface area contributed by atoms with Gasteiger partial charge in [-0.05, 0) is 31.4 Å². The standard InChI is InChI=1S/C23H22F2N4O/c1-17-20(16-27-29(17)23(24)25)11-10-19-13-21(15-26-14-19)22(30)28(2)12-6-9-18-7-4-3-5-8-18/h3-5,7-8,13-16,23H,6,9,12H2,1-2H3. The van der Waals surface area contributed by atoms with E-state index < -0.39 is 6.55 Å². The minimum absolute atomic E-state index is 0.138. The van der Waals surface area contributed by atoms with Gasteiger partial charge in [-0.25, -0.2) is 4.68 Å². The van der Waals surface area contributed by atoms with E-state index in [1.54, 1.807) is 18.0 Å². The molecule has 0 radical (unpaired) electrons. The van der Waals surface area contributed by atoms with Gasteiger partial charge in [-0.1, -0.05) is 42.2 Å². The maximum Gasteiger partial charge on any atom is 0.333 e. The van der Waals surface area contributed by atoms with E-state index in [0.717, 1.165) is 12.8 Å². The molecule has 0 unspecified atom stereocenters. The lowest BCUT2D eigenvalue weighted by Gasteiger charge is -2.17. The highest BCUT2D eigenvalue weighted by molar-refractivity contribution is 5.94. The molecule has 2 aromatic heterocycles. The fourth-order valence-corrected chi connectivity index (χ4v) is 2.99. The summed E-state index contributed by atoms with van der Waals surface area (Å²) < 4.78 is 26.2. The minimum atomic E-state index is -2.71. The molecule has 5 nitrogen and oxygen atoms in total. The summed E-state index contributed by atoms with van der Waals surface area (Å²) in [5, 5.41) is 3.63. The lowest BCUT2D eigenvalue weighted by Crippen LogP contribution is -2.28. The number of carbonyl (C=O) groups is 1. The summed E-state index contributed by atoms with van der Waals surface area (Å²) >= 11 is 0. The summed E-state index contributed by atoms with van der Waals surface area (Å²) in [7, 11) is 1.76. The molecule has 0 spiro atoms. The monoisotopic (exact) mass is 408 g/mol. The minimum Gasteiger partial charge on any atom is -0.342 e. The van der Waals surface area contributed by atoms with Crippen LogP contribution in [-0.2, 0) is 6.42 Å². The number of alkyl halides is 2. The number of aryl methyl sites for hydroxylation is 1. The van der Waals surface area contributed by atoms with Gasteiger partial charge in [0, 0.05) is 31.5 Å². The number of nitrogens with zero attached hydrogens (tertiary/aromatic N) is 4. The fourth-order valence-electron chi connectivity index (χ4n) is 2.99. The van der Waals surface area contributed by atoms with E-state index in [-0.39, 0.29) is 11.6 Å². The Hall–Kier alpha value is -3.53. The van der Waals surface area contributed by atoms with Crippen LogP contribution in [0, 0.1) is 18.8 Å². The first-order chi connectivity index (χ1) is 14.5. The summed E-state index contributed by atoms with van der Waals surface area (Å²) in [4.78, 5) is 18.4. The fraction of sp³-hybridized carbons (Fsp3) is 0.261. The zero-order valence-corrected chi connectivity index (χ0v) is 16.8. The summed E-state index contributed by atoms with van der Waals surface area (Å²) in [6.07, 6.45) is 6.09. The van der Waals surface area contributed by atoms with Gasteiger partial charge in [0.25, 0.3) is 5.91 Å². The van der Waals surface area contributed by atoms with Crippen molar-refractivity contribution < 1.29 is 13.6 Å². The highest BCUT2D eigenvalue weighted by Crippen LogP contribution is 2.15. The predicted octanol–water partition coefficient (Wildman–Crippen LogP) is 4.09. The summed E-state index contributed by atoms with van der Waals surface area (Å²) in [6, 6.07) is 11.8. The molecule has 0 aliphatic carbocycles. The number of pyridine rings is 1. The Kier molecular flexibility index (Phi) is 6.91. The van der Waals surface area contributed by atoms with Crippen LogP contribution in [0.25, 0.3) is 0 Å². The second-order valence-corrected chi connectivity index (χ2v) is 6.89. The molecule has 7 heteroatoms. The third-order valence-corrected chi connectivity index (χ3v) is 4.70. The lowest BCUT2D eigenvalue weighted by atomic mass is 10.1. The topological polar surface area (TPSA) is 51.0 Å². The Balaban J connectivity index is 1.64. The van der Waals surface area contributed by atoms with Crippen LogP contribution in [0.15, 0.2) is 55.0 Å². The Bertz CT molecular complexity index is 1070. The maximum absolute atomic E-state index is 12.8. The molecular weight excluding hydrogens is 386 g/mol. The third kappa shape index (κ3) is 5.29. The van der Waals surface area contributed by atoms with Gasteiger partial charge in [0.15, 0.2) is 0 Å². The molecule has 0 aliphatic heterocycles. The van der Waals surface area contributed by atoms with Crippen molar-refractivity contribution >= 4 is 5.91 Å². The van der Waals surface area contributed by atoms with E-state index >= 15 is 0 Å². The molecule has 1 aromatic carbocycles. The van der Waals surface area contributed by atoms with Crippen LogP contribution in [0.5, 0.6) is 0 Å². The van der Waals surface area contributed by atoms with E-state index in [1.807, 2.05) is 18.2 Å². The van der Waals surface area contributed by atoms with Crippen molar-refractivity contribution in [2.45, 2.75) is 26.3 Å². The first-order valence-electron chi connectivity index (χ1n) is 9.54. The molecule has 30 heavy (non-hydrogen) atoms. The number of amides is 1. The normalized spacial score (nSPS) is 10.6. The van der Waals surface area contributed by atoms with Crippen LogP contribution in [0.1, 0.15) is 45.7 Å². The average molecular weight is 408 g/mol. The van der Waals surface area contributed by atoms with E-state index in [4.69, 9.17) is 0 Å². The zero-order valence-electron chi connectivity index (χ0n) is 16.8. The molecule has 2 heterocycles. The van der Waals surface area contributed by atoms with Gasteiger partial charge in [-0.2, -0.15) is 13.9 Å². The summed E-state index contributed by atoms with van der Waals surface area (Å²) in [6.45, 7) is -0.554. The number of halogens is 2. The summed E-state index contributed by atoms with van der Waals surface area (Å²) in [5.74, 6) is 5.55. The smallest absolute Gasteiger partial charge is 0.333 e. The Morgan fingerprint density at radius 2 is 1.93 bits per heavy atom. The van der Waals surface area contributed by atoms with Gasteiger partial charge in [0.2, 0.25) is 0 Å². The van der Waals surface area contributed by atoms with Gasteiger partial charge < -0.3 is 4.90 Å².